The average molecular weight is 304 g/mol. The molecule has 0 amide bonds. The van der Waals surface area contributed by atoms with Crippen LogP contribution in [0.15, 0.2) is 47.1 Å². The van der Waals surface area contributed by atoms with Gasteiger partial charge in [-0.3, -0.25) is 0 Å². The van der Waals surface area contributed by atoms with E-state index in [4.69, 9.17) is 0 Å². The Morgan fingerprint density at radius 2 is 1.86 bits per heavy atom. The highest BCUT2D eigenvalue weighted by Gasteiger charge is 2.17. The van der Waals surface area contributed by atoms with E-state index in [0.29, 0.717) is 18.8 Å². The summed E-state index contributed by atoms with van der Waals surface area (Å²) >= 11 is 0. The summed E-state index contributed by atoms with van der Waals surface area (Å²) in [7, 11) is 0. The van der Waals surface area contributed by atoms with Crippen LogP contribution in [0.5, 0.6) is 0 Å². The van der Waals surface area contributed by atoms with Gasteiger partial charge in [0.25, 0.3) is 0 Å². The Balaban J connectivity index is 3.08. The number of rotatable bonds is 1. The van der Waals surface area contributed by atoms with Gasteiger partial charge in [-0.25, -0.2) is 0 Å². The van der Waals surface area contributed by atoms with Gasteiger partial charge < -0.3 is 10.2 Å². The summed E-state index contributed by atoms with van der Waals surface area (Å²) in [6.07, 6.45) is 12.8. The molecule has 2 N–H and O–H groups in total. The molecule has 0 fully saturated rings. The molecule has 0 saturated heterocycles. The lowest BCUT2D eigenvalue weighted by Gasteiger charge is -2.20. The predicted molar refractivity (Wildman–Crippen MR) is 94.7 cm³/mol. The van der Waals surface area contributed by atoms with Crippen LogP contribution in [0.2, 0.25) is 0 Å². The number of allylic oxidation sites excluding steroid dienone is 5. The second-order valence-corrected chi connectivity index (χ2v) is 7.11. The summed E-state index contributed by atoms with van der Waals surface area (Å²) in [5.41, 5.74) is 2.72. The molecule has 124 valence electrons. The Labute approximate surface area is 135 Å². The summed E-state index contributed by atoms with van der Waals surface area (Å²) < 4.78 is 0. The predicted octanol–water partition coefficient (Wildman–Crippen LogP) is 4.70. The zero-order valence-corrected chi connectivity index (χ0v) is 14.8. The highest BCUT2D eigenvalue weighted by molar-refractivity contribution is 5.24. The van der Waals surface area contributed by atoms with E-state index in [0.717, 1.165) is 18.4 Å². The lowest BCUT2D eigenvalue weighted by molar-refractivity contribution is 0.103. The Morgan fingerprint density at radius 3 is 2.50 bits per heavy atom. The molecule has 0 saturated carbocycles. The standard InChI is InChI=1S/C20H32O2/c1-15(2)18-11-10-16(3)8-6-12-20(5,22)13-7-9-17(4)14-19(18)21/h6,9-12,15,19,21-22H,7-8,13-14H2,1-5H3/b12-6+,16-10+,17-9+,18-11-/t19-,20+/m0/s1. The van der Waals surface area contributed by atoms with Gasteiger partial charge in [0, 0.05) is 0 Å². The first kappa shape index (κ1) is 18.9. The lowest BCUT2D eigenvalue weighted by atomic mass is 9.91. The quantitative estimate of drug-likeness (QED) is 0.689. The molecule has 22 heavy (non-hydrogen) atoms. The van der Waals surface area contributed by atoms with Gasteiger partial charge in [-0.1, -0.05) is 55.4 Å². The van der Waals surface area contributed by atoms with Gasteiger partial charge in [0.15, 0.2) is 0 Å². The molecule has 0 bridgehead atoms. The number of aliphatic hydroxyl groups excluding tert-OH is 1. The molecule has 0 aromatic carbocycles. The van der Waals surface area contributed by atoms with E-state index in [1.165, 1.54) is 11.1 Å². The minimum absolute atomic E-state index is 0.330. The first-order valence-corrected chi connectivity index (χ1v) is 8.32. The molecular formula is C20H32O2. The maximum absolute atomic E-state index is 10.5. The van der Waals surface area contributed by atoms with Crippen molar-refractivity contribution in [1.29, 1.82) is 0 Å². The number of hydrogen-bond donors (Lipinski definition) is 2. The van der Waals surface area contributed by atoms with Gasteiger partial charge in [0.1, 0.15) is 0 Å². The first-order chi connectivity index (χ1) is 10.2. The SMILES string of the molecule is C/C1=C\C=C(\C(C)C)[C@@H](O)C/C(C)=C/CC[C@](C)(O)/C=C/C1. The van der Waals surface area contributed by atoms with Crippen molar-refractivity contribution in [2.45, 2.75) is 72.0 Å². The number of aliphatic hydroxyl groups is 2. The first-order valence-electron chi connectivity index (χ1n) is 8.32. The highest BCUT2D eigenvalue weighted by Crippen LogP contribution is 2.23. The molecule has 1 aliphatic rings. The fraction of sp³-hybridized carbons (Fsp3) is 0.600. The van der Waals surface area contributed by atoms with Crippen LogP contribution in [0, 0.1) is 5.92 Å². The smallest absolute Gasteiger partial charge is 0.0802 e. The molecule has 1 aliphatic carbocycles. The number of hydrogen-bond acceptors (Lipinski definition) is 2. The van der Waals surface area contributed by atoms with E-state index in [9.17, 15) is 10.2 Å². The van der Waals surface area contributed by atoms with Gasteiger partial charge in [0.2, 0.25) is 0 Å². The monoisotopic (exact) mass is 304 g/mol. The molecule has 0 aromatic rings. The molecule has 2 atom stereocenters. The van der Waals surface area contributed by atoms with Crippen molar-refractivity contribution in [2.24, 2.45) is 5.92 Å². The average Bonchev–Trinajstić information content (AvgIpc) is 2.36. The summed E-state index contributed by atoms with van der Waals surface area (Å²) in [6.45, 7) is 10.2. The molecule has 0 heterocycles. The molecule has 0 radical (unpaired) electrons. The van der Waals surface area contributed by atoms with Crippen molar-refractivity contribution < 1.29 is 10.2 Å². The molecule has 1 rings (SSSR count). The third kappa shape index (κ3) is 6.76. The summed E-state index contributed by atoms with van der Waals surface area (Å²) in [6, 6.07) is 0. The summed E-state index contributed by atoms with van der Waals surface area (Å²) in [4.78, 5) is 0. The van der Waals surface area contributed by atoms with Crippen LogP contribution >= 0.6 is 0 Å². The van der Waals surface area contributed by atoms with Crippen molar-refractivity contribution in [3.8, 4) is 0 Å². The Hall–Kier alpha value is -1.12. The van der Waals surface area contributed by atoms with Crippen molar-refractivity contribution >= 4 is 0 Å². The molecule has 0 aliphatic heterocycles. The van der Waals surface area contributed by atoms with Crippen LogP contribution in [0.3, 0.4) is 0 Å². The van der Waals surface area contributed by atoms with Crippen LogP contribution in [0.4, 0.5) is 0 Å². The maximum atomic E-state index is 10.5. The van der Waals surface area contributed by atoms with Gasteiger partial charge in [-0.15, -0.1) is 0 Å². The third-order valence-electron chi connectivity index (χ3n) is 4.19. The zero-order chi connectivity index (χ0) is 16.8. The van der Waals surface area contributed by atoms with E-state index in [1.807, 2.05) is 19.1 Å². The van der Waals surface area contributed by atoms with E-state index in [2.05, 4.69) is 45.9 Å². The van der Waals surface area contributed by atoms with Crippen LogP contribution in [0.25, 0.3) is 0 Å². The van der Waals surface area contributed by atoms with Gasteiger partial charge >= 0.3 is 0 Å². The van der Waals surface area contributed by atoms with Gasteiger partial charge in [-0.2, -0.15) is 0 Å². The minimum atomic E-state index is -0.765. The molecule has 0 unspecified atom stereocenters. The normalized spacial score (nSPS) is 37.3. The van der Waals surface area contributed by atoms with Crippen molar-refractivity contribution in [3.63, 3.8) is 0 Å². The third-order valence-corrected chi connectivity index (χ3v) is 4.19. The van der Waals surface area contributed by atoms with Crippen LogP contribution in [-0.2, 0) is 0 Å². The van der Waals surface area contributed by atoms with Gasteiger partial charge in [0.05, 0.1) is 11.7 Å². The fourth-order valence-electron chi connectivity index (χ4n) is 2.69. The minimum Gasteiger partial charge on any atom is -0.388 e. The molecule has 2 heteroatoms. The zero-order valence-electron chi connectivity index (χ0n) is 14.8. The second kappa shape index (κ2) is 8.50. The highest BCUT2D eigenvalue weighted by atomic mass is 16.3. The topological polar surface area (TPSA) is 40.5 Å². The van der Waals surface area contributed by atoms with Crippen LogP contribution in [-0.4, -0.2) is 21.9 Å². The van der Waals surface area contributed by atoms with Crippen molar-refractivity contribution in [2.75, 3.05) is 0 Å². The van der Waals surface area contributed by atoms with E-state index >= 15 is 0 Å². The largest absolute Gasteiger partial charge is 0.388 e. The van der Waals surface area contributed by atoms with Gasteiger partial charge in [-0.05, 0) is 57.9 Å². The summed E-state index contributed by atoms with van der Waals surface area (Å²) in [5, 5.41) is 20.8. The van der Waals surface area contributed by atoms with Crippen molar-refractivity contribution in [3.05, 3.63) is 47.1 Å². The molecule has 2 nitrogen and oxygen atoms in total. The van der Waals surface area contributed by atoms with Crippen LogP contribution in [0.1, 0.15) is 60.3 Å². The van der Waals surface area contributed by atoms with E-state index in [-0.39, 0.29) is 0 Å². The van der Waals surface area contributed by atoms with Crippen molar-refractivity contribution in [1.82, 2.24) is 0 Å². The van der Waals surface area contributed by atoms with E-state index in [1.54, 1.807) is 0 Å². The molecule has 0 aromatic heterocycles. The maximum Gasteiger partial charge on any atom is 0.0802 e. The Kier molecular flexibility index (Phi) is 7.31. The van der Waals surface area contributed by atoms with E-state index < -0.39 is 11.7 Å². The molecular weight excluding hydrogens is 272 g/mol. The lowest BCUT2D eigenvalue weighted by Crippen LogP contribution is -2.20. The fourth-order valence-corrected chi connectivity index (χ4v) is 2.69. The Bertz CT molecular complexity index is 476. The molecule has 0 spiro atoms. The van der Waals surface area contributed by atoms with Crippen LogP contribution < -0.4 is 0 Å². The second-order valence-electron chi connectivity index (χ2n) is 7.11. The summed E-state index contributed by atoms with van der Waals surface area (Å²) in [5.74, 6) is 0.330. The Morgan fingerprint density at radius 1 is 1.18 bits per heavy atom.